The van der Waals surface area contributed by atoms with Crippen LogP contribution >= 0.6 is 11.3 Å². The van der Waals surface area contributed by atoms with Crippen molar-refractivity contribution in [3.05, 3.63) is 40.2 Å². The average molecular weight is 346 g/mol. The number of aliphatic hydroxyl groups is 1. The summed E-state index contributed by atoms with van der Waals surface area (Å²) in [6.07, 6.45) is 1.52. The molecule has 0 aliphatic carbocycles. The molecule has 1 amide bonds. The number of amides is 1. The maximum absolute atomic E-state index is 12.4. The molecular weight excluding hydrogens is 324 g/mol. The van der Waals surface area contributed by atoms with E-state index in [0.717, 1.165) is 22.7 Å². The molecule has 1 atom stereocenters. The number of aryl methyl sites for hydroxylation is 1. The summed E-state index contributed by atoms with van der Waals surface area (Å²) in [7, 11) is 0. The molecule has 5 nitrogen and oxygen atoms in total. The minimum atomic E-state index is -0.136. The van der Waals surface area contributed by atoms with Crippen molar-refractivity contribution in [1.82, 2.24) is 10.3 Å². The van der Waals surface area contributed by atoms with E-state index in [1.165, 1.54) is 0 Å². The van der Waals surface area contributed by atoms with Gasteiger partial charge >= 0.3 is 0 Å². The summed E-state index contributed by atoms with van der Waals surface area (Å²) in [6, 6.07) is 7.49. The van der Waals surface area contributed by atoms with Crippen LogP contribution in [0.2, 0.25) is 0 Å². The molecule has 1 aromatic heterocycles. The Hall–Kier alpha value is -1.76. The van der Waals surface area contributed by atoms with Crippen LogP contribution in [0.25, 0.3) is 11.3 Å². The highest BCUT2D eigenvalue weighted by molar-refractivity contribution is 7.09. The summed E-state index contributed by atoms with van der Waals surface area (Å²) >= 11 is 1.61. The van der Waals surface area contributed by atoms with Crippen LogP contribution in [0.4, 0.5) is 0 Å². The van der Waals surface area contributed by atoms with Gasteiger partial charge in [0.15, 0.2) is 0 Å². The fourth-order valence-corrected chi connectivity index (χ4v) is 3.59. The molecule has 2 aromatic rings. The number of hydrogen-bond donors (Lipinski definition) is 2. The number of nitrogens with zero attached hydrogens (tertiary/aromatic N) is 1. The Kier molecular flexibility index (Phi) is 5.28. The quantitative estimate of drug-likeness (QED) is 0.843. The molecule has 1 saturated heterocycles. The van der Waals surface area contributed by atoms with Crippen molar-refractivity contribution < 1.29 is 14.6 Å². The van der Waals surface area contributed by atoms with Gasteiger partial charge in [0.05, 0.1) is 17.3 Å². The molecule has 2 heterocycles. The van der Waals surface area contributed by atoms with Gasteiger partial charge in [-0.15, -0.1) is 11.3 Å². The van der Waals surface area contributed by atoms with Gasteiger partial charge in [-0.2, -0.15) is 0 Å². The van der Waals surface area contributed by atoms with Crippen molar-refractivity contribution >= 4 is 17.2 Å². The number of aromatic nitrogens is 1. The number of ether oxygens (including phenoxy) is 1. The van der Waals surface area contributed by atoms with Gasteiger partial charge in [0.1, 0.15) is 0 Å². The molecular formula is C18H22N2O3S. The number of hydrogen-bond acceptors (Lipinski definition) is 5. The topological polar surface area (TPSA) is 71.5 Å². The molecule has 0 bridgehead atoms. The second-order valence-corrected chi connectivity index (χ2v) is 7.35. The second kappa shape index (κ2) is 7.42. The molecule has 6 heteroatoms. The summed E-state index contributed by atoms with van der Waals surface area (Å²) in [5.41, 5.74) is 2.44. The number of aliphatic hydroxyl groups excluding tert-OH is 1. The summed E-state index contributed by atoms with van der Waals surface area (Å²) in [5.74, 6) is -0.0970. The zero-order chi connectivity index (χ0) is 17.0. The SMILES string of the molecule is Cc1nc(-c2ccc(C(=O)NC[C@@]3(CCO)CCOC3)cc2)cs1. The van der Waals surface area contributed by atoms with Crippen LogP contribution in [0.3, 0.4) is 0 Å². The number of carbonyl (C=O) groups is 1. The van der Waals surface area contributed by atoms with Crippen molar-refractivity contribution in [2.24, 2.45) is 5.41 Å². The maximum atomic E-state index is 12.4. The van der Waals surface area contributed by atoms with Gasteiger partial charge in [-0.3, -0.25) is 4.79 Å². The van der Waals surface area contributed by atoms with Crippen LogP contribution in [-0.4, -0.2) is 42.4 Å². The van der Waals surface area contributed by atoms with E-state index in [0.29, 0.717) is 31.7 Å². The molecule has 1 aliphatic heterocycles. The Morgan fingerprint density at radius 1 is 1.42 bits per heavy atom. The Labute approximate surface area is 145 Å². The first-order chi connectivity index (χ1) is 11.6. The lowest BCUT2D eigenvalue weighted by Gasteiger charge is -2.26. The maximum Gasteiger partial charge on any atom is 0.251 e. The predicted molar refractivity (Wildman–Crippen MR) is 94.2 cm³/mol. The minimum absolute atomic E-state index is 0.0970. The number of rotatable bonds is 6. The fraction of sp³-hybridized carbons (Fsp3) is 0.444. The van der Waals surface area contributed by atoms with Gasteiger partial charge in [-0.1, -0.05) is 12.1 Å². The van der Waals surface area contributed by atoms with E-state index in [2.05, 4.69) is 10.3 Å². The van der Waals surface area contributed by atoms with Crippen molar-refractivity contribution in [2.45, 2.75) is 19.8 Å². The van der Waals surface area contributed by atoms with Crippen LogP contribution in [0.5, 0.6) is 0 Å². The van der Waals surface area contributed by atoms with Crippen molar-refractivity contribution in [1.29, 1.82) is 0 Å². The van der Waals surface area contributed by atoms with Gasteiger partial charge in [0.25, 0.3) is 5.91 Å². The monoisotopic (exact) mass is 346 g/mol. The lowest BCUT2D eigenvalue weighted by molar-refractivity contribution is 0.0889. The first kappa shape index (κ1) is 17.1. The van der Waals surface area contributed by atoms with E-state index in [9.17, 15) is 9.90 Å². The minimum Gasteiger partial charge on any atom is -0.396 e. The summed E-state index contributed by atoms with van der Waals surface area (Å²) < 4.78 is 5.45. The molecule has 0 saturated carbocycles. The van der Waals surface area contributed by atoms with Gasteiger partial charge < -0.3 is 15.2 Å². The zero-order valence-electron chi connectivity index (χ0n) is 13.7. The van der Waals surface area contributed by atoms with E-state index in [-0.39, 0.29) is 17.9 Å². The average Bonchev–Trinajstić information content (AvgIpc) is 3.23. The second-order valence-electron chi connectivity index (χ2n) is 6.29. The van der Waals surface area contributed by atoms with Crippen molar-refractivity contribution in [3.63, 3.8) is 0 Å². The lowest BCUT2D eigenvalue weighted by atomic mass is 9.84. The van der Waals surface area contributed by atoms with Crippen LogP contribution < -0.4 is 5.32 Å². The van der Waals surface area contributed by atoms with Gasteiger partial charge in [0, 0.05) is 41.7 Å². The Morgan fingerprint density at radius 3 is 2.79 bits per heavy atom. The molecule has 1 aliphatic rings. The zero-order valence-corrected chi connectivity index (χ0v) is 14.6. The van der Waals surface area contributed by atoms with E-state index < -0.39 is 0 Å². The molecule has 2 N–H and O–H groups in total. The third-order valence-corrected chi connectivity index (χ3v) is 5.29. The van der Waals surface area contributed by atoms with E-state index in [1.54, 1.807) is 11.3 Å². The van der Waals surface area contributed by atoms with Gasteiger partial charge in [-0.05, 0) is 31.9 Å². The first-order valence-electron chi connectivity index (χ1n) is 8.11. The number of thiazole rings is 1. The number of benzene rings is 1. The Morgan fingerprint density at radius 2 is 2.21 bits per heavy atom. The van der Waals surface area contributed by atoms with E-state index in [4.69, 9.17) is 4.74 Å². The van der Waals surface area contributed by atoms with Crippen LogP contribution in [0, 0.1) is 12.3 Å². The molecule has 1 fully saturated rings. The van der Waals surface area contributed by atoms with Crippen molar-refractivity contribution in [3.8, 4) is 11.3 Å². The van der Waals surface area contributed by atoms with Gasteiger partial charge in [-0.25, -0.2) is 4.98 Å². The largest absolute Gasteiger partial charge is 0.396 e. The fourth-order valence-electron chi connectivity index (χ4n) is 2.97. The van der Waals surface area contributed by atoms with E-state index in [1.807, 2.05) is 36.6 Å². The Bertz CT molecular complexity index is 691. The third kappa shape index (κ3) is 3.83. The Balaban J connectivity index is 1.62. The lowest BCUT2D eigenvalue weighted by Crippen LogP contribution is -2.38. The van der Waals surface area contributed by atoms with Crippen molar-refractivity contribution in [2.75, 3.05) is 26.4 Å². The third-order valence-electron chi connectivity index (χ3n) is 4.51. The summed E-state index contributed by atoms with van der Waals surface area (Å²) in [4.78, 5) is 16.8. The normalized spacial score (nSPS) is 20.2. The highest BCUT2D eigenvalue weighted by Crippen LogP contribution is 2.31. The number of carbonyl (C=O) groups excluding carboxylic acids is 1. The molecule has 128 valence electrons. The van der Waals surface area contributed by atoms with Gasteiger partial charge in [0.2, 0.25) is 0 Å². The summed E-state index contributed by atoms with van der Waals surface area (Å²) in [6.45, 7) is 3.90. The molecule has 24 heavy (non-hydrogen) atoms. The molecule has 3 rings (SSSR count). The molecule has 0 radical (unpaired) electrons. The highest BCUT2D eigenvalue weighted by atomic mass is 32.1. The van der Waals surface area contributed by atoms with E-state index >= 15 is 0 Å². The van der Waals surface area contributed by atoms with Crippen LogP contribution in [-0.2, 0) is 4.74 Å². The number of nitrogens with one attached hydrogen (secondary N) is 1. The first-order valence-corrected chi connectivity index (χ1v) is 8.99. The summed E-state index contributed by atoms with van der Waals surface area (Å²) in [5, 5.41) is 15.3. The van der Waals surface area contributed by atoms with Crippen LogP contribution in [0.15, 0.2) is 29.6 Å². The standard InChI is InChI=1S/C18H22N2O3S/c1-13-20-16(10-24-13)14-2-4-15(5-3-14)17(22)19-11-18(6-8-21)7-9-23-12-18/h2-5,10,21H,6-9,11-12H2,1H3,(H,19,22)/t18-/m1/s1. The highest BCUT2D eigenvalue weighted by Gasteiger charge is 2.34. The van der Waals surface area contributed by atoms with Crippen LogP contribution in [0.1, 0.15) is 28.2 Å². The molecule has 1 aromatic carbocycles. The molecule has 0 unspecified atom stereocenters. The predicted octanol–water partition coefficient (Wildman–Crippen LogP) is 2.64. The smallest absolute Gasteiger partial charge is 0.251 e. The molecule has 0 spiro atoms.